The van der Waals surface area contributed by atoms with E-state index >= 15 is 0 Å². The average Bonchev–Trinajstić information content (AvgIpc) is 3.10. The van der Waals surface area contributed by atoms with Crippen LogP contribution in [0.1, 0.15) is 84.0 Å². The monoisotopic (exact) mass is 633 g/mol. The third-order valence-corrected chi connectivity index (χ3v) is 7.98. The number of amides is 1. The first-order valence-corrected chi connectivity index (χ1v) is 16.1. The molecule has 1 amide bonds. The van der Waals surface area contributed by atoms with Gasteiger partial charge in [-0.3, -0.25) is 14.6 Å². The highest BCUT2D eigenvalue weighted by atomic mass is 16.5. The molecule has 4 rings (SSSR count). The number of rotatable bonds is 11. The number of likely N-dealkylation sites (tertiary alicyclic amines) is 1. The number of carbonyl (C=O) groups is 3. The van der Waals surface area contributed by atoms with Gasteiger partial charge in [0.15, 0.2) is 11.5 Å². The Kier molecular flexibility index (Phi) is 15.8. The third kappa shape index (κ3) is 10.9. The molecule has 2 heterocycles. The number of benzene rings is 2. The number of aryl methyl sites for hydroxylation is 1. The van der Waals surface area contributed by atoms with Gasteiger partial charge in [0.1, 0.15) is 12.1 Å². The summed E-state index contributed by atoms with van der Waals surface area (Å²) in [5.74, 6) is -0.318. The highest BCUT2D eigenvalue weighted by Gasteiger charge is 2.41. The van der Waals surface area contributed by atoms with E-state index in [2.05, 4.69) is 4.98 Å². The Morgan fingerprint density at radius 1 is 0.957 bits per heavy atom. The van der Waals surface area contributed by atoms with Gasteiger partial charge in [-0.1, -0.05) is 58.9 Å². The number of nitrogens with two attached hydrogens (primary N) is 1. The lowest BCUT2D eigenvalue weighted by molar-refractivity contribution is -0.164. The molecule has 2 unspecified atom stereocenters. The zero-order valence-electron chi connectivity index (χ0n) is 28.5. The van der Waals surface area contributed by atoms with E-state index in [9.17, 15) is 14.4 Å². The lowest BCUT2D eigenvalue weighted by atomic mass is 9.84. The predicted octanol–water partition coefficient (Wildman–Crippen LogP) is 7.00. The first-order chi connectivity index (χ1) is 22.1. The zero-order valence-corrected chi connectivity index (χ0v) is 28.5. The molecular weight excluding hydrogens is 582 g/mol. The van der Waals surface area contributed by atoms with Crippen LogP contribution in [-0.2, 0) is 25.5 Å². The summed E-state index contributed by atoms with van der Waals surface area (Å²) in [6.07, 6.45) is 6.53. The zero-order chi connectivity index (χ0) is 34.1. The number of aromatic nitrogens is 1. The molecule has 1 aliphatic rings. The molecule has 1 aliphatic heterocycles. The van der Waals surface area contributed by atoms with Gasteiger partial charge >= 0.3 is 5.97 Å². The standard InChI is InChI=1S/C30H40N2O6.C5H5N.C2H6/c1-6-30(2,3)27(33)28(34)32-17-8-7-12-23(32)29(35)38-24(21-10-9-11-22(31)19-21)15-13-20-14-16-25(36-4)26(18-20)37-5;1-2-4-6-5-3-1;1-2/h9-11,14,16,18-19,23-24H,6-8,12-13,15,17,31H2,1-5H3;1-5H;1-2H3. The van der Waals surface area contributed by atoms with Crippen LogP contribution in [0.4, 0.5) is 5.69 Å². The van der Waals surface area contributed by atoms with Gasteiger partial charge in [-0.25, -0.2) is 4.79 Å². The van der Waals surface area contributed by atoms with E-state index in [-0.39, 0.29) is 0 Å². The topological polar surface area (TPSA) is 121 Å². The first-order valence-electron chi connectivity index (χ1n) is 16.1. The molecule has 9 nitrogen and oxygen atoms in total. The minimum Gasteiger partial charge on any atom is -0.493 e. The molecule has 1 saturated heterocycles. The Morgan fingerprint density at radius 2 is 1.65 bits per heavy atom. The highest BCUT2D eigenvalue weighted by molar-refractivity contribution is 6.38. The lowest BCUT2D eigenvalue weighted by Crippen LogP contribution is -2.53. The van der Waals surface area contributed by atoms with Crippen LogP contribution >= 0.6 is 0 Å². The fourth-order valence-electron chi connectivity index (χ4n) is 4.92. The van der Waals surface area contributed by atoms with E-state index < -0.39 is 35.2 Å². The summed E-state index contributed by atoms with van der Waals surface area (Å²) in [5, 5.41) is 0. The van der Waals surface area contributed by atoms with Gasteiger partial charge in [0.2, 0.25) is 5.78 Å². The predicted molar refractivity (Wildman–Crippen MR) is 182 cm³/mol. The molecule has 3 aromatic rings. The number of hydrogen-bond acceptors (Lipinski definition) is 8. The van der Waals surface area contributed by atoms with Crippen molar-refractivity contribution in [2.45, 2.75) is 85.3 Å². The number of piperidine rings is 1. The van der Waals surface area contributed by atoms with Crippen LogP contribution in [0.3, 0.4) is 0 Å². The van der Waals surface area contributed by atoms with Crippen LogP contribution < -0.4 is 15.2 Å². The molecule has 0 aliphatic carbocycles. The summed E-state index contributed by atoms with van der Waals surface area (Å²) in [7, 11) is 3.17. The third-order valence-electron chi connectivity index (χ3n) is 7.98. The van der Waals surface area contributed by atoms with Crippen LogP contribution in [0.15, 0.2) is 73.1 Å². The fraction of sp³-hybridized carbons (Fsp3) is 0.459. The molecule has 2 atom stereocenters. The largest absolute Gasteiger partial charge is 0.493 e. The number of nitrogens with zero attached hydrogens (tertiary/aromatic N) is 2. The van der Waals surface area contributed by atoms with Crippen molar-refractivity contribution in [1.82, 2.24) is 9.88 Å². The Bertz CT molecular complexity index is 1350. The second-order valence-corrected chi connectivity index (χ2v) is 11.4. The number of anilines is 1. The van der Waals surface area contributed by atoms with E-state index in [4.69, 9.17) is 19.9 Å². The van der Waals surface area contributed by atoms with Gasteiger partial charge in [-0.15, -0.1) is 0 Å². The summed E-state index contributed by atoms with van der Waals surface area (Å²) in [5.41, 5.74) is 7.58. The molecule has 1 aromatic heterocycles. The molecule has 46 heavy (non-hydrogen) atoms. The number of carbonyl (C=O) groups excluding carboxylic acids is 3. The molecule has 0 bridgehead atoms. The molecule has 9 heteroatoms. The van der Waals surface area contributed by atoms with E-state index in [1.807, 2.05) is 69.3 Å². The fourth-order valence-corrected chi connectivity index (χ4v) is 4.92. The molecule has 2 aromatic carbocycles. The van der Waals surface area contributed by atoms with Crippen molar-refractivity contribution in [1.29, 1.82) is 0 Å². The van der Waals surface area contributed by atoms with E-state index in [0.717, 1.165) is 24.0 Å². The van der Waals surface area contributed by atoms with E-state index in [1.54, 1.807) is 52.6 Å². The molecule has 0 saturated carbocycles. The van der Waals surface area contributed by atoms with Gasteiger partial charge in [-0.05, 0) is 86.1 Å². The van der Waals surface area contributed by atoms with Crippen molar-refractivity contribution < 1.29 is 28.6 Å². The number of hydrogen-bond donors (Lipinski definition) is 1. The van der Waals surface area contributed by atoms with Crippen LogP contribution in [0.5, 0.6) is 11.5 Å². The molecule has 2 N–H and O–H groups in total. The molecule has 1 fully saturated rings. The highest BCUT2D eigenvalue weighted by Crippen LogP contribution is 2.32. The minimum absolute atomic E-state index is 0.360. The molecule has 0 radical (unpaired) electrons. The molecule has 0 spiro atoms. The van der Waals surface area contributed by atoms with E-state index in [0.29, 0.717) is 49.4 Å². The maximum atomic E-state index is 13.5. The maximum Gasteiger partial charge on any atom is 0.329 e. The Hall–Kier alpha value is -4.40. The lowest BCUT2D eigenvalue weighted by Gasteiger charge is -2.36. The van der Waals surface area contributed by atoms with Crippen molar-refractivity contribution in [3.8, 4) is 11.5 Å². The number of ketones is 1. The number of nitrogen functional groups attached to an aromatic ring is 1. The number of ether oxygens (including phenoxy) is 3. The van der Waals surface area contributed by atoms with E-state index in [1.165, 1.54) is 4.90 Å². The summed E-state index contributed by atoms with van der Waals surface area (Å²) in [6.45, 7) is 9.75. The van der Waals surface area contributed by atoms with Gasteiger partial charge in [-0.2, -0.15) is 0 Å². The SMILES string of the molecule is CC.CCC(C)(C)C(=O)C(=O)N1CCCCC1C(=O)OC(CCc1ccc(OC)c(OC)c1)c1cccc(N)c1.c1ccncc1. The minimum atomic E-state index is -0.794. The van der Waals surface area contributed by atoms with Crippen LogP contribution in [0, 0.1) is 5.41 Å². The summed E-state index contributed by atoms with van der Waals surface area (Å²) < 4.78 is 16.8. The van der Waals surface area contributed by atoms with Gasteiger partial charge in [0.05, 0.1) is 14.2 Å². The van der Waals surface area contributed by atoms with Gasteiger partial charge < -0.3 is 24.8 Å². The second kappa shape index (κ2) is 19.2. The summed E-state index contributed by atoms with van der Waals surface area (Å²) in [4.78, 5) is 44.8. The number of Topliss-reactive ketones (excluding diaryl/α,β-unsaturated/α-hetero) is 1. The Morgan fingerprint density at radius 3 is 2.22 bits per heavy atom. The van der Waals surface area contributed by atoms with Crippen molar-refractivity contribution in [3.63, 3.8) is 0 Å². The number of pyridine rings is 1. The smallest absolute Gasteiger partial charge is 0.329 e. The Labute approximate surface area is 274 Å². The average molecular weight is 634 g/mol. The first kappa shape index (κ1) is 37.8. The number of methoxy groups -OCH3 is 2. The normalized spacial score (nSPS) is 14.8. The van der Waals surface area contributed by atoms with Crippen molar-refractivity contribution in [2.24, 2.45) is 5.41 Å². The summed E-state index contributed by atoms with van der Waals surface area (Å²) >= 11 is 0. The van der Waals surface area contributed by atoms with Crippen LogP contribution in [-0.4, -0.2) is 54.3 Å². The van der Waals surface area contributed by atoms with Crippen molar-refractivity contribution in [3.05, 3.63) is 84.2 Å². The van der Waals surface area contributed by atoms with Gasteiger partial charge in [0.25, 0.3) is 5.91 Å². The van der Waals surface area contributed by atoms with Crippen molar-refractivity contribution in [2.75, 3.05) is 26.5 Å². The van der Waals surface area contributed by atoms with Crippen LogP contribution in [0.25, 0.3) is 0 Å². The van der Waals surface area contributed by atoms with Gasteiger partial charge in [0, 0.05) is 30.0 Å². The maximum absolute atomic E-state index is 13.5. The second-order valence-electron chi connectivity index (χ2n) is 11.4. The summed E-state index contributed by atoms with van der Waals surface area (Å²) in [6, 6.07) is 17.9. The van der Waals surface area contributed by atoms with Crippen LogP contribution in [0.2, 0.25) is 0 Å². The Balaban J connectivity index is 0.000000810. The number of esters is 1. The molecular formula is C37H51N3O6. The van der Waals surface area contributed by atoms with Crippen molar-refractivity contribution >= 4 is 23.3 Å². The molecule has 250 valence electrons. The quantitative estimate of drug-likeness (QED) is 0.136.